The van der Waals surface area contributed by atoms with Crippen LogP contribution < -0.4 is 5.73 Å². The molecule has 3 heteroatoms. The molecular weight excluding hydrogens is 238 g/mol. The maximum Gasteiger partial charge on any atom is 0.311 e. The monoisotopic (exact) mass is 263 g/mol. The highest BCUT2D eigenvalue weighted by Gasteiger charge is 2.38. The largest absolute Gasteiger partial charge is 0.481 e. The summed E-state index contributed by atoms with van der Waals surface area (Å²) in [6.45, 7) is 8.31. The lowest BCUT2D eigenvalue weighted by Crippen LogP contribution is -2.42. The van der Waals surface area contributed by atoms with Gasteiger partial charge in [-0.05, 0) is 49.3 Å². The van der Waals surface area contributed by atoms with E-state index >= 15 is 0 Å². The van der Waals surface area contributed by atoms with E-state index in [2.05, 4.69) is 0 Å². The quantitative estimate of drug-likeness (QED) is 0.829. The molecule has 0 fully saturated rings. The fraction of sp³-hybridized carbons (Fsp3) is 0.562. The lowest BCUT2D eigenvalue weighted by atomic mass is 9.74. The van der Waals surface area contributed by atoms with Crippen LogP contribution in [0, 0.1) is 25.2 Å². The van der Waals surface area contributed by atoms with Crippen LogP contribution in [0.2, 0.25) is 0 Å². The zero-order chi connectivity index (χ0) is 14.6. The highest BCUT2D eigenvalue weighted by molar-refractivity contribution is 5.75. The Morgan fingerprint density at radius 2 is 1.84 bits per heavy atom. The van der Waals surface area contributed by atoms with E-state index in [1.165, 1.54) is 0 Å². The fourth-order valence-electron chi connectivity index (χ4n) is 2.73. The van der Waals surface area contributed by atoms with Gasteiger partial charge in [-0.1, -0.05) is 32.0 Å². The molecule has 0 bridgehead atoms. The molecule has 0 aliphatic carbocycles. The first-order valence-electron chi connectivity index (χ1n) is 6.81. The summed E-state index contributed by atoms with van der Waals surface area (Å²) in [5, 5.41) is 9.64. The second-order valence-electron chi connectivity index (χ2n) is 5.93. The molecule has 1 aromatic carbocycles. The van der Waals surface area contributed by atoms with E-state index in [4.69, 9.17) is 5.73 Å². The second kappa shape index (κ2) is 6.20. The van der Waals surface area contributed by atoms with E-state index in [9.17, 15) is 9.90 Å². The number of hydrogen-bond acceptors (Lipinski definition) is 2. The van der Waals surface area contributed by atoms with Gasteiger partial charge in [0.2, 0.25) is 0 Å². The Kier molecular flexibility index (Phi) is 5.12. The molecule has 0 saturated carbocycles. The molecule has 0 saturated heterocycles. The minimum Gasteiger partial charge on any atom is -0.481 e. The first kappa shape index (κ1) is 15.7. The Balaban J connectivity index is 3.17. The van der Waals surface area contributed by atoms with E-state index in [0.717, 1.165) is 16.7 Å². The van der Waals surface area contributed by atoms with Crippen LogP contribution in [0.15, 0.2) is 18.2 Å². The SMILES string of the molecule is Cc1cccc(C)c1CC(CN)(CC(C)C)C(=O)O. The minimum absolute atomic E-state index is 0.175. The van der Waals surface area contributed by atoms with E-state index in [1.54, 1.807) is 0 Å². The van der Waals surface area contributed by atoms with Gasteiger partial charge in [-0.2, -0.15) is 0 Å². The van der Waals surface area contributed by atoms with E-state index in [1.807, 2.05) is 45.9 Å². The first-order chi connectivity index (χ1) is 8.82. The zero-order valence-electron chi connectivity index (χ0n) is 12.4. The van der Waals surface area contributed by atoms with Crippen molar-refractivity contribution in [1.29, 1.82) is 0 Å². The average molecular weight is 263 g/mol. The Morgan fingerprint density at radius 1 is 1.32 bits per heavy atom. The van der Waals surface area contributed by atoms with Crippen molar-refractivity contribution in [3.05, 3.63) is 34.9 Å². The van der Waals surface area contributed by atoms with Gasteiger partial charge in [0, 0.05) is 6.54 Å². The Morgan fingerprint density at radius 3 is 2.21 bits per heavy atom. The van der Waals surface area contributed by atoms with Crippen molar-refractivity contribution in [2.24, 2.45) is 17.1 Å². The number of benzene rings is 1. The van der Waals surface area contributed by atoms with Crippen LogP contribution in [0.1, 0.15) is 37.0 Å². The standard InChI is InChI=1S/C16H25NO2/c1-11(2)8-16(10-17,15(18)19)9-14-12(3)6-5-7-13(14)4/h5-7,11H,8-10,17H2,1-4H3,(H,18,19). The van der Waals surface area contributed by atoms with Crippen LogP contribution in [0.5, 0.6) is 0 Å². The van der Waals surface area contributed by atoms with Gasteiger partial charge in [0.15, 0.2) is 0 Å². The summed E-state index contributed by atoms with van der Waals surface area (Å²) in [7, 11) is 0. The molecule has 1 rings (SSSR count). The minimum atomic E-state index is -0.856. The average Bonchev–Trinajstić information content (AvgIpc) is 2.31. The molecule has 19 heavy (non-hydrogen) atoms. The summed E-state index contributed by atoms with van der Waals surface area (Å²) < 4.78 is 0. The molecule has 0 heterocycles. The predicted molar refractivity (Wildman–Crippen MR) is 78.2 cm³/mol. The number of carboxylic acids is 1. The van der Waals surface area contributed by atoms with Gasteiger partial charge in [-0.25, -0.2) is 0 Å². The number of carbonyl (C=O) groups is 1. The van der Waals surface area contributed by atoms with Crippen LogP contribution in [-0.2, 0) is 11.2 Å². The third kappa shape index (κ3) is 3.57. The van der Waals surface area contributed by atoms with E-state index in [0.29, 0.717) is 18.8 Å². The van der Waals surface area contributed by atoms with Gasteiger partial charge >= 0.3 is 5.97 Å². The Bertz CT molecular complexity index is 434. The maximum atomic E-state index is 11.7. The number of carboxylic acid groups (broad SMARTS) is 1. The molecule has 106 valence electrons. The van der Waals surface area contributed by atoms with Crippen molar-refractivity contribution >= 4 is 5.97 Å². The van der Waals surface area contributed by atoms with Crippen molar-refractivity contribution in [2.45, 2.75) is 40.5 Å². The van der Waals surface area contributed by atoms with Gasteiger partial charge in [0.05, 0.1) is 5.41 Å². The van der Waals surface area contributed by atoms with Crippen molar-refractivity contribution in [2.75, 3.05) is 6.54 Å². The molecular formula is C16H25NO2. The molecule has 1 aromatic rings. The Labute approximate surface area is 115 Å². The van der Waals surface area contributed by atoms with E-state index in [-0.39, 0.29) is 6.54 Å². The van der Waals surface area contributed by atoms with Gasteiger partial charge in [0.1, 0.15) is 0 Å². The number of aryl methyl sites for hydroxylation is 2. The molecule has 0 amide bonds. The van der Waals surface area contributed by atoms with Gasteiger partial charge in [-0.3, -0.25) is 4.79 Å². The van der Waals surface area contributed by atoms with Gasteiger partial charge < -0.3 is 10.8 Å². The van der Waals surface area contributed by atoms with Crippen LogP contribution in [0.4, 0.5) is 0 Å². The van der Waals surface area contributed by atoms with Crippen LogP contribution in [0.25, 0.3) is 0 Å². The molecule has 3 nitrogen and oxygen atoms in total. The van der Waals surface area contributed by atoms with Crippen molar-refractivity contribution in [3.8, 4) is 0 Å². The lowest BCUT2D eigenvalue weighted by molar-refractivity contribution is -0.149. The molecule has 0 radical (unpaired) electrons. The summed E-state index contributed by atoms with van der Waals surface area (Å²) in [5.41, 5.74) is 8.37. The molecule has 1 unspecified atom stereocenters. The van der Waals surface area contributed by atoms with Crippen LogP contribution in [-0.4, -0.2) is 17.6 Å². The van der Waals surface area contributed by atoms with Gasteiger partial charge in [0.25, 0.3) is 0 Å². The van der Waals surface area contributed by atoms with Crippen molar-refractivity contribution in [3.63, 3.8) is 0 Å². The van der Waals surface area contributed by atoms with Gasteiger partial charge in [-0.15, -0.1) is 0 Å². The summed E-state index contributed by atoms with van der Waals surface area (Å²) in [6.07, 6.45) is 1.11. The van der Waals surface area contributed by atoms with Crippen molar-refractivity contribution < 1.29 is 9.90 Å². The molecule has 0 spiro atoms. The third-order valence-corrected chi connectivity index (χ3v) is 3.80. The number of rotatable bonds is 6. The second-order valence-corrected chi connectivity index (χ2v) is 5.93. The molecule has 0 aliphatic heterocycles. The van der Waals surface area contributed by atoms with E-state index < -0.39 is 11.4 Å². The number of aliphatic carboxylic acids is 1. The molecule has 0 aromatic heterocycles. The van der Waals surface area contributed by atoms with Crippen LogP contribution >= 0.6 is 0 Å². The normalized spacial score (nSPS) is 14.4. The lowest BCUT2D eigenvalue weighted by Gasteiger charge is -2.31. The molecule has 0 aliphatic rings. The Hall–Kier alpha value is -1.35. The summed E-state index contributed by atoms with van der Waals surface area (Å²) in [6, 6.07) is 6.06. The third-order valence-electron chi connectivity index (χ3n) is 3.80. The first-order valence-corrected chi connectivity index (χ1v) is 6.81. The zero-order valence-corrected chi connectivity index (χ0v) is 12.4. The summed E-state index contributed by atoms with van der Waals surface area (Å²) >= 11 is 0. The highest BCUT2D eigenvalue weighted by Crippen LogP contribution is 2.32. The molecule has 1 atom stereocenters. The predicted octanol–water partition coefficient (Wildman–Crippen LogP) is 2.92. The van der Waals surface area contributed by atoms with Crippen LogP contribution in [0.3, 0.4) is 0 Å². The van der Waals surface area contributed by atoms with Crippen molar-refractivity contribution in [1.82, 2.24) is 0 Å². The molecule has 3 N–H and O–H groups in total. The number of nitrogens with two attached hydrogens (primary N) is 1. The topological polar surface area (TPSA) is 63.3 Å². The summed E-state index contributed by atoms with van der Waals surface area (Å²) in [5.74, 6) is -0.477. The maximum absolute atomic E-state index is 11.7. The highest BCUT2D eigenvalue weighted by atomic mass is 16.4. The smallest absolute Gasteiger partial charge is 0.311 e. The summed E-state index contributed by atoms with van der Waals surface area (Å²) in [4.78, 5) is 11.7. The fourth-order valence-corrected chi connectivity index (χ4v) is 2.73. The number of hydrogen-bond donors (Lipinski definition) is 2.